The molecule has 0 fully saturated rings. The lowest BCUT2D eigenvalue weighted by molar-refractivity contribution is 0.174. The number of nitrogens with zero attached hydrogens (tertiary/aromatic N) is 2. The number of ether oxygens (including phenoxy) is 2. The van der Waals surface area contributed by atoms with Gasteiger partial charge in [0.1, 0.15) is 5.82 Å². The zero-order chi connectivity index (χ0) is 15.0. The summed E-state index contributed by atoms with van der Waals surface area (Å²) in [5.41, 5.74) is 8.21. The van der Waals surface area contributed by atoms with Gasteiger partial charge in [0.05, 0.1) is 16.2 Å². The zero-order valence-corrected chi connectivity index (χ0v) is 13.7. The largest absolute Gasteiger partial charge is 0.454 e. The molecule has 21 heavy (non-hydrogen) atoms. The molecular weight excluding hydrogens is 334 g/mol. The molecule has 1 aromatic heterocycles. The lowest BCUT2D eigenvalue weighted by Gasteiger charge is -2.14. The highest BCUT2D eigenvalue weighted by molar-refractivity contribution is 9.10. The number of benzene rings is 1. The number of hydrogen-bond donors (Lipinski definition) is 1. The van der Waals surface area contributed by atoms with Gasteiger partial charge in [-0.15, -0.1) is 0 Å². The summed E-state index contributed by atoms with van der Waals surface area (Å²) in [5, 5.41) is 4.48. The third-order valence-electron chi connectivity index (χ3n) is 3.75. The van der Waals surface area contributed by atoms with Gasteiger partial charge in [-0.1, -0.05) is 6.07 Å². The molecule has 1 atom stereocenters. The molecule has 1 aliphatic heterocycles. The van der Waals surface area contributed by atoms with Crippen LogP contribution in [0.25, 0.3) is 0 Å². The average Bonchev–Trinajstić information content (AvgIpc) is 3.04. The first-order valence-corrected chi connectivity index (χ1v) is 7.74. The van der Waals surface area contributed by atoms with Crippen LogP contribution in [-0.2, 0) is 6.42 Å². The molecule has 0 saturated carbocycles. The maximum atomic E-state index is 6.06. The van der Waals surface area contributed by atoms with E-state index in [2.05, 4.69) is 34.0 Å². The summed E-state index contributed by atoms with van der Waals surface area (Å²) < 4.78 is 13.5. The summed E-state index contributed by atoms with van der Waals surface area (Å²) in [6.45, 7) is 4.38. The Kier molecular flexibility index (Phi) is 3.80. The Morgan fingerprint density at radius 1 is 1.38 bits per heavy atom. The van der Waals surface area contributed by atoms with E-state index >= 15 is 0 Å². The van der Waals surface area contributed by atoms with Gasteiger partial charge < -0.3 is 15.2 Å². The van der Waals surface area contributed by atoms with Crippen LogP contribution in [0.15, 0.2) is 22.7 Å². The summed E-state index contributed by atoms with van der Waals surface area (Å²) in [7, 11) is 0. The normalized spacial score (nSPS) is 14.4. The SMILES string of the molecule is Cc1nn(C(C)CCc2ccc3c(c2)OCO3)c(N)c1Br. The van der Waals surface area contributed by atoms with Crippen LogP contribution < -0.4 is 15.2 Å². The van der Waals surface area contributed by atoms with Gasteiger partial charge in [-0.25, -0.2) is 4.68 Å². The van der Waals surface area contributed by atoms with Crippen molar-refractivity contribution in [3.05, 3.63) is 33.9 Å². The number of rotatable bonds is 4. The second kappa shape index (κ2) is 5.60. The van der Waals surface area contributed by atoms with Crippen molar-refractivity contribution in [3.63, 3.8) is 0 Å². The summed E-state index contributed by atoms with van der Waals surface area (Å²) in [5.74, 6) is 2.34. The van der Waals surface area contributed by atoms with Crippen LogP contribution in [0.2, 0.25) is 0 Å². The third kappa shape index (κ3) is 2.72. The molecule has 1 aromatic carbocycles. The molecule has 112 valence electrons. The molecule has 0 radical (unpaired) electrons. The van der Waals surface area contributed by atoms with Crippen molar-refractivity contribution in [2.75, 3.05) is 12.5 Å². The summed E-state index contributed by atoms with van der Waals surface area (Å²) in [4.78, 5) is 0. The summed E-state index contributed by atoms with van der Waals surface area (Å²) >= 11 is 3.46. The molecule has 0 aliphatic carbocycles. The zero-order valence-electron chi connectivity index (χ0n) is 12.1. The van der Waals surface area contributed by atoms with E-state index in [9.17, 15) is 0 Å². The maximum absolute atomic E-state index is 6.06. The molecule has 2 aromatic rings. The van der Waals surface area contributed by atoms with Gasteiger partial charge in [-0.3, -0.25) is 0 Å². The topological polar surface area (TPSA) is 62.3 Å². The second-order valence-electron chi connectivity index (χ2n) is 5.30. The number of hydrogen-bond acceptors (Lipinski definition) is 4. The molecule has 0 bridgehead atoms. The van der Waals surface area contributed by atoms with E-state index in [0.29, 0.717) is 12.6 Å². The summed E-state index contributed by atoms with van der Waals surface area (Å²) in [6, 6.07) is 6.32. The van der Waals surface area contributed by atoms with Crippen molar-refractivity contribution in [2.45, 2.75) is 32.7 Å². The fourth-order valence-corrected chi connectivity index (χ4v) is 2.74. The average molecular weight is 352 g/mol. The molecule has 2 N–H and O–H groups in total. The molecule has 6 heteroatoms. The molecule has 1 unspecified atom stereocenters. The first kappa shape index (κ1) is 14.3. The maximum Gasteiger partial charge on any atom is 0.231 e. The lowest BCUT2D eigenvalue weighted by Crippen LogP contribution is -2.11. The van der Waals surface area contributed by atoms with Crippen molar-refractivity contribution in [2.24, 2.45) is 0 Å². The minimum atomic E-state index is 0.237. The van der Waals surface area contributed by atoms with E-state index in [1.807, 2.05) is 23.7 Å². The first-order chi connectivity index (χ1) is 10.1. The van der Waals surface area contributed by atoms with Crippen LogP contribution in [-0.4, -0.2) is 16.6 Å². The minimum absolute atomic E-state index is 0.237. The van der Waals surface area contributed by atoms with Crippen molar-refractivity contribution >= 4 is 21.7 Å². The molecule has 2 heterocycles. The van der Waals surface area contributed by atoms with E-state index in [0.717, 1.165) is 34.5 Å². The van der Waals surface area contributed by atoms with Crippen LogP contribution in [0, 0.1) is 6.92 Å². The van der Waals surface area contributed by atoms with Crippen LogP contribution in [0.5, 0.6) is 11.5 Å². The molecule has 3 rings (SSSR count). The third-order valence-corrected chi connectivity index (χ3v) is 4.73. The molecular formula is C15H18BrN3O2. The van der Waals surface area contributed by atoms with Crippen molar-refractivity contribution < 1.29 is 9.47 Å². The number of anilines is 1. The monoisotopic (exact) mass is 351 g/mol. The van der Waals surface area contributed by atoms with Gasteiger partial charge in [-0.05, 0) is 60.3 Å². The van der Waals surface area contributed by atoms with E-state index in [1.54, 1.807) is 0 Å². The van der Waals surface area contributed by atoms with Crippen LogP contribution in [0.3, 0.4) is 0 Å². The number of halogens is 1. The fraction of sp³-hybridized carbons (Fsp3) is 0.400. The Morgan fingerprint density at radius 3 is 2.86 bits per heavy atom. The van der Waals surface area contributed by atoms with Gasteiger partial charge in [0.25, 0.3) is 0 Å². The van der Waals surface area contributed by atoms with Crippen LogP contribution in [0.4, 0.5) is 5.82 Å². The predicted molar refractivity (Wildman–Crippen MR) is 84.7 cm³/mol. The smallest absolute Gasteiger partial charge is 0.231 e. The second-order valence-corrected chi connectivity index (χ2v) is 6.10. The van der Waals surface area contributed by atoms with E-state index < -0.39 is 0 Å². The Balaban J connectivity index is 1.68. The molecule has 0 saturated heterocycles. The number of fused-ring (bicyclic) bond motifs is 1. The quantitative estimate of drug-likeness (QED) is 0.915. The van der Waals surface area contributed by atoms with Gasteiger partial charge in [0.2, 0.25) is 6.79 Å². The Labute approximate surface area is 132 Å². The molecule has 1 aliphatic rings. The molecule has 0 amide bonds. The standard InChI is InChI=1S/C15H18BrN3O2/c1-9(19-15(17)14(16)10(2)18-19)3-4-11-5-6-12-13(7-11)21-8-20-12/h5-7,9H,3-4,8,17H2,1-2H3. The lowest BCUT2D eigenvalue weighted by atomic mass is 10.1. The van der Waals surface area contributed by atoms with Crippen LogP contribution in [0.1, 0.15) is 30.6 Å². The first-order valence-electron chi connectivity index (χ1n) is 6.95. The minimum Gasteiger partial charge on any atom is -0.454 e. The highest BCUT2D eigenvalue weighted by Gasteiger charge is 2.16. The van der Waals surface area contributed by atoms with E-state index in [1.165, 1.54) is 5.56 Å². The Bertz CT molecular complexity index is 669. The number of nitrogens with two attached hydrogens (primary N) is 1. The number of nitrogen functional groups attached to an aromatic ring is 1. The van der Waals surface area contributed by atoms with Crippen molar-refractivity contribution in [1.29, 1.82) is 0 Å². The van der Waals surface area contributed by atoms with Crippen LogP contribution >= 0.6 is 15.9 Å². The van der Waals surface area contributed by atoms with Gasteiger partial charge in [0.15, 0.2) is 11.5 Å². The highest BCUT2D eigenvalue weighted by atomic mass is 79.9. The van der Waals surface area contributed by atoms with Gasteiger partial charge in [-0.2, -0.15) is 5.10 Å². The number of aromatic nitrogens is 2. The Hall–Kier alpha value is -1.69. The highest BCUT2D eigenvalue weighted by Crippen LogP contribution is 2.33. The van der Waals surface area contributed by atoms with Gasteiger partial charge >= 0.3 is 0 Å². The van der Waals surface area contributed by atoms with Crippen molar-refractivity contribution in [1.82, 2.24) is 9.78 Å². The van der Waals surface area contributed by atoms with Gasteiger partial charge in [0, 0.05) is 0 Å². The van der Waals surface area contributed by atoms with E-state index in [4.69, 9.17) is 15.2 Å². The van der Waals surface area contributed by atoms with Crippen molar-refractivity contribution in [3.8, 4) is 11.5 Å². The molecule has 5 nitrogen and oxygen atoms in total. The predicted octanol–water partition coefficient (Wildman–Crippen LogP) is 3.46. The number of aryl methyl sites for hydroxylation is 2. The molecule has 0 spiro atoms. The Morgan fingerprint density at radius 2 is 2.14 bits per heavy atom. The fourth-order valence-electron chi connectivity index (χ4n) is 2.48. The summed E-state index contributed by atoms with van der Waals surface area (Å²) in [6.07, 6.45) is 1.89. The van der Waals surface area contributed by atoms with E-state index in [-0.39, 0.29) is 6.04 Å².